The highest BCUT2D eigenvalue weighted by Crippen LogP contribution is 2.41. The molecule has 0 saturated carbocycles. The Morgan fingerprint density at radius 1 is 0.391 bits per heavy atom. The second-order valence-electron chi connectivity index (χ2n) is 11.5. The van der Waals surface area contributed by atoms with Crippen LogP contribution in [-0.2, 0) is 0 Å². The van der Waals surface area contributed by atoms with E-state index in [1.165, 1.54) is 27.5 Å². The zero-order chi connectivity index (χ0) is 30.5. The summed E-state index contributed by atoms with van der Waals surface area (Å²) in [5.74, 6) is 0.709. The molecule has 0 amide bonds. The minimum absolute atomic E-state index is 0.709. The van der Waals surface area contributed by atoms with Crippen LogP contribution in [0.2, 0.25) is 0 Å². The van der Waals surface area contributed by atoms with Crippen LogP contribution in [0.4, 0.5) is 0 Å². The number of imidazole rings is 1. The van der Waals surface area contributed by atoms with Crippen LogP contribution in [0.25, 0.3) is 78.3 Å². The van der Waals surface area contributed by atoms with Gasteiger partial charge >= 0.3 is 0 Å². The largest absolute Gasteiger partial charge is 0.293 e. The fourth-order valence-electron chi connectivity index (χ4n) is 6.66. The van der Waals surface area contributed by atoms with Crippen molar-refractivity contribution in [2.75, 3.05) is 0 Å². The molecule has 0 aliphatic carbocycles. The minimum Gasteiger partial charge on any atom is -0.293 e. The molecular weight excluding hydrogens is 560 g/mol. The molecule has 46 heavy (non-hydrogen) atoms. The molecule has 3 heterocycles. The maximum Gasteiger partial charge on any atom is 0.160 e. The number of benzene rings is 6. The van der Waals surface area contributed by atoms with E-state index in [2.05, 4.69) is 142 Å². The van der Waals surface area contributed by atoms with Gasteiger partial charge in [-0.05, 0) is 42.0 Å². The third-order valence-corrected chi connectivity index (χ3v) is 8.72. The molecule has 0 radical (unpaired) electrons. The zero-order valence-corrected chi connectivity index (χ0v) is 25.0. The molecule has 0 fully saturated rings. The van der Waals surface area contributed by atoms with Gasteiger partial charge in [-0.25, -0.2) is 9.97 Å². The minimum atomic E-state index is 0.709. The number of hydrogen-bond acceptors (Lipinski definition) is 2. The average molecular weight is 589 g/mol. The predicted octanol–water partition coefficient (Wildman–Crippen LogP) is 10.5. The SMILES string of the molecule is c1ccc(-c2cc(-c3cccc(-n4c5ccccc5n5c6ccccc6c(-c6ccccc6)c45)c3)nc(-c3ccccc3)n2)cc1. The quantitative estimate of drug-likeness (QED) is 0.200. The molecule has 9 rings (SSSR count). The maximum atomic E-state index is 5.12. The van der Waals surface area contributed by atoms with Crippen LogP contribution in [0.15, 0.2) is 170 Å². The summed E-state index contributed by atoms with van der Waals surface area (Å²) in [4.78, 5) is 10.1. The van der Waals surface area contributed by atoms with Crippen LogP contribution in [0.1, 0.15) is 0 Å². The Morgan fingerprint density at radius 2 is 0.935 bits per heavy atom. The molecule has 0 bridgehead atoms. The van der Waals surface area contributed by atoms with Gasteiger partial charge in [-0.2, -0.15) is 0 Å². The van der Waals surface area contributed by atoms with E-state index in [4.69, 9.17) is 9.97 Å². The molecule has 3 aromatic heterocycles. The van der Waals surface area contributed by atoms with E-state index < -0.39 is 0 Å². The first-order chi connectivity index (χ1) is 22.8. The molecule has 216 valence electrons. The number of hydrogen-bond donors (Lipinski definition) is 0. The van der Waals surface area contributed by atoms with Gasteiger partial charge in [-0.15, -0.1) is 0 Å². The van der Waals surface area contributed by atoms with Crippen molar-refractivity contribution in [1.82, 2.24) is 18.9 Å². The molecule has 0 atom stereocenters. The second kappa shape index (κ2) is 10.7. The highest BCUT2D eigenvalue weighted by atomic mass is 15.1. The Morgan fingerprint density at radius 3 is 1.65 bits per heavy atom. The normalized spacial score (nSPS) is 11.5. The fourth-order valence-corrected chi connectivity index (χ4v) is 6.66. The van der Waals surface area contributed by atoms with E-state index in [0.717, 1.165) is 44.9 Å². The van der Waals surface area contributed by atoms with Crippen molar-refractivity contribution in [3.05, 3.63) is 170 Å². The van der Waals surface area contributed by atoms with Crippen molar-refractivity contribution >= 4 is 27.6 Å². The van der Waals surface area contributed by atoms with Crippen LogP contribution in [0, 0.1) is 0 Å². The molecular formula is C42H28N4. The lowest BCUT2D eigenvalue weighted by molar-refractivity contribution is 1.14. The second-order valence-corrected chi connectivity index (χ2v) is 11.5. The van der Waals surface area contributed by atoms with Gasteiger partial charge in [-0.1, -0.05) is 133 Å². The van der Waals surface area contributed by atoms with E-state index >= 15 is 0 Å². The van der Waals surface area contributed by atoms with Crippen LogP contribution in [0.3, 0.4) is 0 Å². The third-order valence-electron chi connectivity index (χ3n) is 8.72. The van der Waals surface area contributed by atoms with Gasteiger partial charge < -0.3 is 0 Å². The van der Waals surface area contributed by atoms with E-state index in [0.29, 0.717) is 5.82 Å². The number of rotatable bonds is 5. The molecule has 4 heteroatoms. The smallest absolute Gasteiger partial charge is 0.160 e. The lowest BCUT2D eigenvalue weighted by Gasteiger charge is -2.12. The van der Waals surface area contributed by atoms with Gasteiger partial charge in [-0.3, -0.25) is 8.97 Å². The summed E-state index contributed by atoms with van der Waals surface area (Å²) in [5, 5.41) is 1.23. The first-order valence-electron chi connectivity index (χ1n) is 15.5. The number of fused-ring (bicyclic) bond motifs is 5. The summed E-state index contributed by atoms with van der Waals surface area (Å²) in [6, 6.07) is 59.5. The van der Waals surface area contributed by atoms with Crippen molar-refractivity contribution in [2.45, 2.75) is 0 Å². The molecule has 4 nitrogen and oxygen atoms in total. The number of nitrogens with zero attached hydrogens (tertiary/aromatic N) is 4. The third kappa shape index (κ3) is 4.23. The molecule has 0 unspecified atom stereocenters. The van der Waals surface area contributed by atoms with Crippen molar-refractivity contribution in [2.24, 2.45) is 0 Å². The predicted molar refractivity (Wildman–Crippen MR) is 189 cm³/mol. The van der Waals surface area contributed by atoms with Gasteiger partial charge in [0.15, 0.2) is 5.82 Å². The van der Waals surface area contributed by atoms with Crippen LogP contribution < -0.4 is 0 Å². The summed E-state index contributed by atoms with van der Waals surface area (Å²) in [6.07, 6.45) is 0. The molecule has 9 aromatic rings. The Hall–Kier alpha value is -6.26. The molecule has 0 spiro atoms. The first-order valence-corrected chi connectivity index (χ1v) is 15.5. The van der Waals surface area contributed by atoms with E-state index in [1.807, 2.05) is 36.4 Å². The van der Waals surface area contributed by atoms with Crippen LogP contribution in [-0.4, -0.2) is 18.9 Å². The summed E-state index contributed by atoms with van der Waals surface area (Å²) >= 11 is 0. The summed E-state index contributed by atoms with van der Waals surface area (Å²) < 4.78 is 4.81. The molecule has 0 N–H and O–H groups in total. The molecule has 0 aliphatic rings. The Bertz CT molecular complexity index is 2450. The first kappa shape index (κ1) is 26.2. The van der Waals surface area contributed by atoms with Crippen molar-refractivity contribution in [3.8, 4) is 50.7 Å². The maximum absolute atomic E-state index is 5.12. The van der Waals surface area contributed by atoms with E-state index in [1.54, 1.807) is 0 Å². The standard InChI is InChI=1S/C42H28N4/c1-4-15-29(16-5-1)35-28-36(44-41(43-35)31-19-8-3-9-20-31)32-21-14-22-33(27-32)45-38-25-12-13-26-39(38)46-37-24-11-10-23-34(37)40(42(45)46)30-17-6-2-7-18-30/h1-28H. The highest BCUT2D eigenvalue weighted by molar-refractivity contribution is 6.09. The summed E-state index contributed by atoms with van der Waals surface area (Å²) in [7, 11) is 0. The van der Waals surface area contributed by atoms with Crippen molar-refractivity contribution in [1.29, 1.82) is 0 Å². The highest BCUT2D eigenvalue weighted by Gasteiger charge is 2.22. The monoisotopic (exact) mass is 588 g/mol. The summed E-state index contributed by atoms with van der Waals surface area (Å²) in [5.41, 5.74) is 13.0. The Balaban J connectivity index is 1.32. The van der Waals surface area contributed by atoms with E-state index in [9.17, 15) is 0 Å². The van der Waals surface area contributed by atoms with Crippen molar-refractivity contribution in [3.63, 3.8) is 0 Å². The number of para-hydroxylation sites is 3. The lowest BCUT2D eigenvalue weighted by Crippen LogP contribution is -1.98. The fraction of sp³-hybridized carbons (Fsp3) is 0. The van der Waals surface area contributed by atoms with Crippen LogP contribution >= 0.6 is 0 Å². The number of aromatic nitrogens is 4. The lowest BCUT2D eigenvalue weighted by atomic mass is 10.0. The van der Waals surface area contributed by atoms with Gasteiger partial charge in [0, 0.05) is 33.3 Å². The van der Waals surface area contributed by atoms with Gasteiger partial charge in [0.25, 0.3) is 0 Å². The van der Waals surface area contributed by atoms with Gasteiger partial charge in [0.1, 0.15) is 5.65 Å². The average Bonchev–Trinajstić information content (AvgIpc) is 3.65. The van der Waals surface area contributed by atoms with Gasteiger partial charge in [0.2, 0.25) is 0 Å². The van der Waals surface area contributed by atoms with Crippen molar-refractivity contribution < 1.29 is 0 Å². The summed E-state index contributed by atoms with van der Waals surface area (Å²) in [6.45, 7) is 0. The Labute approximate surface area is 266 Å². The Kier molecular flexibility index (Phi) is 6.10. The molecule has 0 aliphatic heterocycles. The van der Waals surface area contributed by atoms with E-state index in [-0.39, 0.29) is 0 Å². The van der Waals surface area contributed by atoms with Crippen LogP contribution in [0.5, 0.6) is 0 Å². The zero-order valence-electron chi connectivity index (χ0n) is 25.0. The topological polar surface area (TPSA) is 35.1 Å². The molecule has 0 saturated heterocycles. The van der Waals surface area contributed by atoms with Gasteiger partial charge in [0.05, 0.1) is 27.9 Å². The molecule has 6 aromatic carbocycles.